The number of hydrogen-bond donors (Lipinski definition) is 3. The van der Waals surface area contributed by atoms with E-state index in [1.807, 2.05) is 0 Å². The lowest BCUT2D eigenvalue weighted by Crippen LogP contribution is -2.50. The van der Waals surface area contributed by atoms with Gasteiger partial charge < -0.3 is 11.1 Å². The molecule has 0 heterocycles. The number of carbonyl (C=O) groups excluding carboxylic acids is 2. The summed E-state index contributed by atoms with van der Waals surface area (Å²) >= 11 is 0. The lowest BCUT2D eigenvalue weighted by molar-refractivity contribution is -0.123. The number of hydrogen-bond acceptors (Lipinski definition) is 3. The summed E-state index contributed by atoms with van der Waals surface area (Å²) in [4.78, 5) is 22.3. The summed E-state index contributed by atoms with van der Waals surface area (Å²) in [5.74, 6) is -0.546. The van der Waals surface area contributed by atoms with E-state index in [0.717, 1.165) is 19.3 Å². The molecule has 5 heteroatoms. The predicted molar refractivity (Wildman–Crippen MR) is 63.8 cm³/mol. The van der Waals surface area contributed by atoms with Crippen LogP contribution < -0.4 is 16.4 Å². The van der Waals surface area contributed by atoms with E-state index in [2.05, 4.69) is 17.6 Å². The average Bonchev–Trinajstić information content (AvgIpc) is 2.23. The second-order valence-corrected chi connectivity index (χ2v) is 4.01. The average molecular weight is 229 g/mol. The van der Waals surface area contributed by atoms with Crippen molar-refractivity contribution in [3.8, 4) is 0 Å². The van der Waals surface area contributed by atoms with Gasteiger partial charge in [0.25, 0.3) is 0 Å². The number of nitrogens with two attached hydrogens (primary N) is 1. The Morgan fingerprint density at radius 2 is 1.81 bits per heavy atom. The lowest BCUT2D eigenvalue weighted by atomic mass is 10.2. The summed E-state index contributed by atoms with van der Waals surface area (Å²) in [5.41, 5.74) is 5.09. The van der Waals surface area contributed by atoms with Crippen molar-refractivity contribution in [3.63, 3.8) is 0 Å². The quantitative estimate of drug-likeness (QED) is 0.518. The molecule has 0 aliphatic carbocycles. The number of carbonyl (C=O) groups is 2. The van der Waals surface area contributed by atoms with Crippen LogP contribution in [0.5, 0.6) is 0 Å². The largest absolute Gasteiger partial charge is 0.368 e. The molecule has 0 spiro atoms. The maximum absolute atomic E-state index is 11.5. The van der Waals surface area contributed by atoms with E-state index < -0.39 is 18.0 Å². The first-order chi connectivity index (χ1) is 7.49. The molecule has 0 rings (SSSR count). The van der Waals surface area contributed by atoms with Crippen molar-refractivity contribution < 1.29 is 9.59 Å². The topological polar surface area (TPSA) is 84.2 Å². The molecular formula is C11H23N3O2. The smallest absolute Gasteiger partial charge is 0.236 e. The summed E-state index contributed by atoms with van der Waals surface area (Å²) in [6.07, 6.45) is 3.22. The van der Waals surface area contributed by atoms with E-state index >= 15 is 0 Å². The Morgan fingerprint density at radius 3 is 2.31 bits per heavy atom. The van der Waals surface area contributed by atoms with Crippen molar-refractivity contribution in [1.82, 2.24) is 10.6 Å². The van der Waals surface area contributed by atoms with E-state index in [1.54, 1.807) is 13.8 Å². The van der Waals surface area contributed by atoms with Gasteiger partial charge in [-0.25, -0.2) is 0 Å². The first-order valence-electron chi connectivity index (χ1n) is 5.82. The van der Waals surface area contributed by atoms with Crippen molar-refractivity contribution in [2.24, 2.45) is 5.73 Å². The maximum atomic E-state index is 11.5. The fourth-order valence-electron chi connectivity index (χ4n) is 1.27. The van der Waals surface area contributed by atoms with E-state index in [0.29, 0.717) is 6.54 Å². The van der Waals surface area contributed by atoms with Crippen LogP contribution in [0.3, 0.4) is 0 Å². The van der Waals surface area contributed by atoms with Crippen LogP contribution in [0, 0.1) is 0 Å². The third kappa shape index (κ3) is 6.40. The van der Waals surface area contributed by atoms with Crippen LogP contribution in [-0.2, 0) is 9.59 Å². The van der Waals surface area contributed by atoms with E-state index in [4.69, 9.17) is 5.73 Å². The molecule has 0 aromatic rings. The number of rotatable bonds is 8. The molecule has 2 amide bonds. The minimum absolute atomic E-state index is 0.0933. The summed E-state index contributed by atoms with van der Waals surface area (Å²) in [7, 11) is 0. The van der Waals surface area contributed by atoms with Crippen molar-refractivity contribution in [2.75, 3.05) is 6.54 Å². The molecule has 0 aromatic heterocycles. The highest BCUT2D eigenvalue weighted by molar-refractivity contribution is 5.83. The van der Waals surface area contributed by atoms with Crippen molar-refractivity contribution >= 4 is 11.8 Å². The Bertz CT molecular complexity index is 231. The third-order valence-corrected chi connectivity index (χ3v) is 2.40. The number of nitrogens with one attached hydrogen (secondary N) is 2. The fraction of sp³-hybridized carbons (Fsp3) is 0.818. The van der Waals surface area contributed by atoms with Gasteiger partial charge >= 0.3 is 0 Å². The number of primary amides is 1. The minimum Gasteiger partial charge on any atom is -0.368 e. The molecule has 0 aliphatic rings. The molecule has 0 bridgehead atoms. The Kier molecular flexibility index (Phi) is 7.54. The first-order valence-corrected chi connectivity index (χ1v) is 5.82. The molecule has 5 nitrogen and oxygen atoms in total. The van der Waals surface area contributed by atoms with Crippen molar-refractivity contribution in [2.45, 2.75) is 52.1 Å². The standard InChI is InChI=1S/C11H23N3O2/c1-4-5-6-7-13-11(16)9(3)14-8(2)10(12)15/h8-9,14H,4-7H2,1-3H3,(H2,12,15)(H,13,16). The molecule has 0 saturated carbocycles. The zero-order chi connectivity index (χ0) is 12.6. The zero-order valence-electron chi connectivity index (χ0n) is 10.4. The zero-order valence-corrected chi connectivity index (χ0v) is 10.4. The van der Waals surface area contributed by atoms with Gasteiger partial charge in [0, 0.05) is 6.54 Å². The third-order valence-electron chi connectivity index (χ3n) is 2.40. The highest BCUT2D eigenvalue weighted by atomic mass is 16.2. The molecular weight excluding hydrogens is 206 g/mol. The maximum Gasteiger partial charge on any atom is 0.236 e. The summed E-state index contributed by atoms with van der Waals surface area (Å²) in [5, 5.41) is 5.64. The molecule has 4 N–H and O–H groups in total. The Labute approximate surface area is 97.2 Å². The van der Waals surface area contributed by atoms with Crippen LogP contribution in [0.25, 0.3) is 0 Å². The van der Waals surface area contributed by atoms with E-state index in [9.17, 15) is 9.59 Å². The molecule has 2 atom stereocenters. The van der Waals surface area contributed by atoms with Crippen LogP contribution in [0.4, 0.5) is 0 Å². The molecule has 2 unspecified atom stereocenters. The molecule has 0 radical (unpaired) electrons. The van der Waals surface area contributed by atoms with Crippen molar-refractivity contribution in [1.29, 1.82) is 0 Å². The normalized spacial score (nSPS) is 14.2. The Morgan fingerprint density at radius 1 is 1.19 bits per heavy atom. The monoisotopic (exact) mass is 229 g/mol. The predicted octanol–water partition coefficient (Wildman–Crippen LogP) is 0.145. The van der Waals surface area contributed by atoms with Gasteiger partial charge in [-0.1, -0.05) is 19.8 Å². The minimum atomic E-state index is -0.489. The fourth-order valence-corrected chi connectivity index (χ4v) is 1.27. The molecule has 94 valence electrons. The summed E-state index contributed by atoms with van der Waals surface area (Å²) in [6, 6.07) is -0.888. The van der Waals surface area contributed by atoms with Gasteiger partial charge in [-0.15, -0.1) is 0 Å². The van der Waals surface area contributed by atoms with Crippen LogP contribution in [0.15, 0.2) is 0 Å². The Hall–Kier alpha value is -1.10. The summed E-state index contributed by atoms with van der Waals surface area (Å²) in [6.45, 7) is 6.15. The van der Waals surface area contributed by atoms with Crippen LogP contribution in [0.1, 0.15) is 40.0 Å². The van der Waals surface area contributed by atoms with Crippen LogP contribution in [0.2, 0.25) is 0 Å². The van der Waals surface area contributed by atoms with E-state index in [1.165, 1.54) is 0 Å². The van der Waals surface area contributed by atoms with Gasteiger partial charge in [-0.2, -0.15) is 0 Å². The number of unbranched alkanes of at least 4 members (excludes halogenated alkanes) is 2. The molecule has 16 heavy (non-hydrogen) atoms. The van der Waals surface area contributed by atoms with Gasteiger partial charge in [-0.3, -0.25) is 14.9 Å². The van der Waals surface area contributed by atoms with E-state index in [-0.39, 0.29) is 5.91 Å². The second kappa shape index (κ2) is 8.10. The SMILES string of the molecule is CCCCCNC(=O)C(C)NC(C)C(N)=O. The Balaban J connectivity index is 3.77. The first kappa shape index (κ1) is 14.9. The number of amides is 2. The van der Waals surface area contributed by atoms with Gasteiger partial charge in [-0.05, 0) is 20.3 Å². The van der Waals surface area contributed by atoms with Gasteiger partial charge in [0.05, 0.1) is 12.1 Å². The van der Waals surface area contributed by atoms with Gasteiger partial charge in [0.1, 0.15) is 0 Å². The van der Waals surface area contributed by atoms with Gasteiger partial charge in [0.15, 0.2) is 0 Å². The van der Waals surface area contributed by atoms with Crippen LogP contribution >= 0.6 is 0 Å². The molecule has 0 saturated heterocycles. The molecule has 0 aliphatic heterocycles. The molecule has 0 aromatic carbocycles. The van der Waals surface area contributed by atoms with Gasteiger partial charge in [0.2, 0.25) is 11.8 Å². The lowest BCUT2D eigenvalue weighted by Gasteiger charge is -2.17. The molecule has 0 fully saturated rings. The van der Waals surface area contributed by atoms with Crippen molar-refractivity contribution in [3.05, 3.63) is 0 Å². The highest BCUT2D eigenvalue weighted by Crippen LogP contribution is 1.92. The van der Waals surface area contributed by atoms with Crippen LogP contribution in [-0.4, -0.2) is 30.4 Å². The second-order valence-electron chi connectivity index (χ2n) is 4.01. The summed E-state index contributed by atoms with van der Waals surface area (Å²) < 4.78 is 0. The highest BCUT2D eigenvalue weighted by Gasteiger charge is 2.17.